The van der Waals surface area contributed by atoms with Gasteiger partial charge in [-0.1, -0.05) is 26.0 Å². The molecule has 1 aliphatic rings. The van der Waals surface area contributed by atoms with Crippen molar-refractivity contribution in [3.05, 3.63) is 48.3 Å². The van der Waals surface area contributed by atoms with Crippen molar-refractivity contribution < 1.29 is 0 Å². The van der Waals surface area contributed by atoms with E-state index in [4.69, 9.17) is 4.98 Å². The van der Waals surface area contributed by atoms with Crippen LogP contribution in [-0.4, -0.2) is 36.6 Å². The summed E-state index contributed by atoms with van der Waals surface area (Å²) in [5.41, 5.74) is 2.30. The molecule has 0 aliphatic carbocycles. The molecule has 25 heavy (non-hydrogen) atoms. The highest BCUT2D eigenvalue weighted by molar-refractivity contribution is 5.75. The molecular formula is C20H27N5. The molecule has 0 saturated carbocycles. The molecule has 5 nitrogen and oxygen atoms in total. The van der Waals surface area contributed by atoms with Gasteiger partial charge in [-0.3, -0.25) is 4.90 Å². The van der Waals surface area contributed by atoms with E-state index in [0.29, 0.717) is 12.0 Å². The van der Waals surface area contributed by atoms with E-state index in [1.807, 2.05) is 6.20 Å². The number of para-hydroxylation sites is 2. The van der Waals surface area contributed by atoms with Crippen LogP contribution in [-0.2, 0) is 20.1 Å². The lowest BCUT2D eigenvalue weighted by Crippen LogP contribution is -2.33. The van der Waals surface area contributed by atoms with Gasteiger partial charge in [0.1, 0.15) is 11.6 Å². The van der Waals surface area contributed by atoms with Gasteiger partial charge in [0.2, 0.25) is 0 Å². The van der Waals surface area contributed by atoms with Gasteiger partial charge in [-0.25, -0.2) is 9.97 Å². The molecule has 1 aromatic carbocycles. The van der Waals surface area contributed by atoms with Gasteiger partial charge < -0.3 is 9.13 Å². The highest BCUT2D eigenvalue weighted by Crippen LogP contribution is 2.24. The van der Waals surface area contributed by atoms with Gasteiger partial charge in [0, 0.05) is 37.9 Å². The normalized spacial score (nSPS) is 18.6. The Morgan fingerprint density at radius 2 is 2.08 bits per heavy atom. The maximum Gasteiger partial charge on any atom is 0.123 e. The molecule has 1 atom stereocenters. The smallest absolute Gasteiger partial charge is 0.123 e. The number of likely N-dealkylation sites (tertiary alicyclic amines) is 1. The predicted molar refractivity (Wildman–Crippen MR) is 100 cm³/mol. The zero-order chi connectivity index (χ0) is 17.4. The lowest BCUT2D eigenvalue weighted by molar-refractivity contribution is 0.216. The molecule has 2 aromatic heterocycles. The Labute approximate surface area is 149 Å². The molecule has 0 amide bonds. The summed E-state index contributed by atoms with van der Waals surface area (Å²) in [6.07, 6.45) is 6.57. The van der Waals surface area contributed by atoms with Crippen LogP contribution in [0.2, 0.25) is 0 Å². The maximum atomic E-state index is 4.86. The van der Waals surface area contributed by atoms with Crippen LogP contribution in [0.15, 0.2) is 36.7 Å². The summed E-state index contributed by atoms with van der Waals surface area (Å²) in [4.78, 5) is 12.0. The lowest BCUT2D eigenvalue weighted by Gasteiger charge is -2.25. The fourth-order valence-corrected chi connectivity index (χ4v) is 4.03. The minimum absolute atomic E-state index is 0.463. The Balaban J connectivity index is 1.53. The van der Waals surface area contributed by atoms with Crippen molar-refractivity contribution in [2.75, 3.05) is 6.54 Å². The van der Waals surface area contributed by atoms with Crippen LogP contribution < -0.4 is 0 Å². The molecule has 3 aromatic rings. The first-order valence-corrected chi connectivity index (χ1v) is 9.29. The second-order valence-corrected chi connectivity index (χ2v) is 7.43. The summed E-state index contributed by atoms with van der Waals surface area (Å²) in [5, 5.41) is 0. The van der Waals surface area contributed by atoms with Crippen molar-refractivity contribution >= 4 is 11.0 Å². The van der Waals surface area contributed by atoms with Gasteiger partial charge >= 0.3 is 0 Å². The molecular weight excluding hydrogens is 310 g/mol. The summed E-state index contributed by atoms with van der Waals surface area (Å²) in [6.45, 7) is 7.52. The third-order valence-electron chi connectivity index (χ3n) is 5.39. The number of benzene rings is 1. The van der Waals surface area contributed by atoms with E-state index < -0.39 is 0 Å². The van der Waals surface area contributed by atoms with Gasteiger partial charge in [-0.15, -0.1) is 0 Å². The van der Waals surface area contributed by atoms with Crippen LogP contribution in [0.3, 0.4) is 0 Å². The zero-order valence-corrected chi connectivity index (χ0v) is 15.4. The van der Waals surface area contributed by atoms with Crippen LogP contribution in [0, 0.1) is 0 Å². The monoisotopic (exact) mass is 337 g/mol. The Morgan fingerprint density at radius 3 is 2.88 bits per heavy atom. The number of aryl methyl sites for hydroxylation is 1. The maximum absolute atomic E-state index is 4.86. The molecule has 1 aliphatic heterocycles. The summed E-state index contributed by atoms with van der Waals surface area (Å²) in [7, 11) is 2.13. The standard InChI is InChI=1S/C20H27N5/c1-15(2)20-21-10-12-25(20)13-16-7-6-11-24(16)14-19-22-17-8-4-5-9-18(17)23(19)3/h4-5,8-10,12,15-16H,6-7,11,13-14H2,1-3H3/t16-/m0/s1. The van der Waals surface area contributed by atoms with E-state index >= 15 is 0 Å². The number of hydrogen-bond donors (Lipinski definition) is 0. The Kier molecular flexibility index (Phi) is 4.34. The molecule has 0 radical (unpaired) electrons. The largest absolute Gasteiger partial charge is 0.333 e. The van der Waals surface area contributed by atoms with Crippen molar-refractivity contribution in [1.82, 2.24) is 24.0 Å². The van der Waals surface area contributed by atoms with Crippen molar-refractivity contribution in [3.63, 3.8) is 0 Å². The van der Waals surface area contributed by atoms with E-state index in [1.54, 1.807) is 0 Å². The minimum Gasteiger partial charge on any atom is -0.333 e. The van der Waals surface area contributed by atoms with E-state index in [9.17, 15) is 0 Å². The second-order valence-electron chi connectivity index (χ2n) is 7.43. The van der Waals surface area contributed by atoms with Gasteiger partial charge in [-0.05, 0) is 31.5 Å². The number of rotatable bonds is 5. The fourth-order valence-electron chi connectivity index (χ4n) is 4.03. The van der Waals surface area contributed by atoms with Crippen molar-refractivity contribution in [1.29, 1.82) is 0 Å². The molecule has 132 valence electrons. The number of nitrogens with zero attached hydrogens (tertiary/aromatic N) is 5. The number of imidazole rings is 2. The van der Waals surface area contributed by atoms with Crippen molar-refractivity contribution in [2.45, 2.75) is 51.7 Å². The summed E-state index contributed by atoms with van der Waals surface area (Å²) < 4.78 is 4.57. The lowest BCUT2D eigenvalue weighted by atomic mass is 10.2. The average molecular weight is 337 g/mol. The fraction of sp³-hybridized carbons (Fsp3) is 0.500. The van der Waals surface area contributed by atoms with Gasteiger partial charge in [0.05, 0.1) is 17.6 Å². The average Bonchev–Trinajstić information content (AvgIpc) is 3.30. The van der Waals surface area contributed by atoms with Crippen molar-refractivity contribution in [3.8, 4) is 0 Å². The first-order chi connectivity index (χ1) is 12.1. The third kappa shape index (κ3) is 3.09. The van der Waals surface area contributed by atoms with Crippen LogP contribution in [0.4, 0.5) is 0 Å². The van der Waals surface area contributed by atoms with Gasteiger partial charge in [0.25, 0.3) is 0 Å². The second kappa shape index (κ2) is 6.64. The van der Waals surface area contributed by atoms with E-state index in [-0.39, 0.29) is 0 Å². The highest BCUT2D eigenvalue weighted by Gasteiger charge is 2.27. The van der Waals surface area contributed by atoms with Crippen LogP contribution >= 0.6 is 0 Å². The molecule has 0 N–H and O–H groups in total. The molecule has 0 bridgehead atoms. The van der Waals surface area contributed by atoms with Gasteiger partial charge in [-0.2, -0.15) is 0 Å². The molecule has 1 fully saturated rings. The van der Waals surface area contributed by atoms with E-state index in [1.165, 1.54) is 24.2 Å². The Morgan fingerprint density at radius 1 is 1.24 bits per heavy atom. The predicted octanol–water partition coefficient (Wildman–Crippen LogP) is 3.56. The SMILES string of the molecule is CC(C)c1nccn1C[C@@H]1CCCN1Cc1nc2ccccc2n1C. The third-order valence-corrected chi connectivity index (χ3v) is 5.39. The molecule has 3 heterocycles. The Hall–Kier alpha value is -2.14. The molecule has 0 spiro atoms. The number of fused-ring (bicyclic) bond motifs is 1. The molecule has 0 unspecified atom stereocenters. The zero-order valence-electron chi connectivity index (χ0n) is 15.4. The quantitative estimate of drug-likeness (QED) is 0.714. The highest BCUT2D eigenvalue weighted by atomic mass is 15.2. The van der Waals surface area contributed by atoms with Crippen LogP contribution in [0.5, 0.6) is 0 Å². The first kappa shape index (κ1) is 16.3. The molecule has 5 heteroatoms. The summed E-state index contributed by atoms with van der Waals surface area (Å²) in [6, 6.07) is 8.95. The molecule has 4 rings (SSSR count). The van der Waals surface area contributed by atoms with Crippen LogP contribution in [0.1, 0.15) is 44.3 Å². The Bertz CT molecular complexity index is 860. The minimum atomic E-state index is 0.463. The number of hydrogen-bond acceptors (Lipinski definition) is 3. The summed E-state index contributed by atoms with van der Waals surface area (Å²) >= 11 is 0. The first-order valence-electron chi connectivity index (χ1n) is 9.29. The van der Waals surface area contributed by atoms with E-state index in [2.05, 4.69) is 70.4 Å². The summed E-state index contributed by atoms with van der Waals surface area (Å²) in [5.74, 6) is 2.81. The van der Waals surface area contributed by atoms with E-state index in [0.717, 1.165) is 31.0 Å². The van der Waals surface area contributed by atoms with Crippen LogP contribution in [0.25, 0.3) is 11.0 Å². The molecule has 1 saturated heterocycles. The topological polar surface area (TPSA) is 38.9 Å². The van der Waals surface area contributed by atoms with Crippen molar-refractivity contribution in [2.24, 2.45) is 7.05 Å². The van der Waals surface area contributed by atoms with Gasteiger partial charge in [0.15, 0.2) is 0 Å². The number of aromatic nitrogens is 4.